The molecule has 20 heavy (non-hydrogen) atoms. The third-order valence-corrected chi connectivity index (χ3v) is 3.07. The van der Waals surface area contributed by atoms with Gasteiger partial charge in [-0.3, -0.25) is 14.4 Å². The molecule has 0 radical (unpaired) electrons. The molecule has 0 aliphatic rings. The standard InChI is InChI=1S/C13H15BrN2O4/c1-8(13(19)20)6-15-11(17)7-16-12(18)9-2-4-10(14)5-3-9/h2-5,8H,6-7H2,1H3,(H,15,17)(H,16,18)(H,19,20). The summed E-state index contributed by atoms with van der Waals surface area (Å²) in [7, 11) is 0. The summed E-state index contributed by atoms with van der Waals surface area (Å²) in [5.74, 6) is -2.44. The second-order valence-electron chi connectivity index (χ2n) is 4.23. The van der Waals surface area contributed by atoms with Crippen molar-refractivity contribution < 1.29 is 19.5 Å². The van der Waals surface area contributed by atoms with Crippen LogP contribution in [0, 0.1) is 5.92 Å². The first-order valence-corrected chi connectivity index (χ1v) is 6.72. The average Bonchev–Trinajstić information content (AvgIpc) is 2.42. The lowest BCUT2D eigenvalue weighted by Gasteiger charge is -2.09. The van der Waals surface area contributed by atoms with E-state index < -0.39 is 17.8 Å². The molecular weight excluding hydrogens is 328 g/mol. The highest BCUT2D eigenvalue weighted by molar-refractivity contribution is 9.10. The number of amides is 2. The summed E-state index contributed by atoms with van der Waals surface area (Å²) < 4.78 is 0.856. The lowest BCUT2D eigenvalue weighted by Crippen LogP contribution is -2.39. The van der Waals surface area contributed by atoms with Crippen LogP contribution >= 0.6 is 15.9 Å². The number of carbonyl (C=O) groups excluding carboxylic acids is 2. The van der Waals surface area contributed by atoms with Gasteiger partial charge in [-0.1, -0.05) is 22.9 Å². The molecule has 1 rings (SSSR count). The normalized spacial score (nSPS) is 11.5. The molecule has 0 saturated heterocycles. The number of aliphatic carboxylic acids is 1. The average molecular weight is 343 g/mol. The van der Waals surface area contributed by atoms with Crippen LogP contribution in [0.2, 0.25) is 0 Å². The van der Waals surface area contributed by atoms with Gasteiger partial charge in [0.25, 0.3) is 5.91 Å². The molecule has 6 nitrogen and oxygen atoms in total. The fourth-order valence-electron chi connectivity index (χ4n) is 1.28. The van der Waals surface area contributed by atoms with Gasteiger partial charge in [0.15, 0.2) is 0 Å². The first-order chi connectivity index (χ1) is 9.40. The zero-order chi connectivity index (χ0) is 15.1. The van der Waals surface area contributed by atoms with E-state index in [1.165, 1.54) is 6.92 Å². The largest absolute Gasteiger partial charge is 0.481 e. The third kappa shape index (κ3) is 5.40. The molecule has 1 unspecified atom stereocenters. The molecule has 7 heteroatoms. The summed E-state index contributed by atoms with van der Waals surface area (Å²) in [6.45, 7) is 1.33. The fourth-order valence-corrected chi connectivity index (χ4v) is 1.54. The Morgan fingerprint density at radius 2 is 1.80 bits per heavy atom. The molecule has 0 aliphatic carbocycles. The molecule has 2 amide bonds. The Hall–Kier alpha value is -1.89. The Morgan fingerprint density at radius 1 is 1.20 bits per heavy atom. The van der Waals surface area contributed by atoms with E-state index in [0.717, 1.165) is 4.47 Å². The smallest absolute Gasteiger partial charge is 0.308 e. The van der Waals surface area contributed by atoms with Crippen LogP contribution in [0.15, 0.2) is 28.7 Å². The van der Waals surface area contributed by atoms with E-state index in [4.69, 9.17) is 5.11 Å². The van der Waals surface area contributed by atoms with E-state index in [1.807, 2.05) is 0 Å². The van der Waals surface area contributed by atoms with Crippen molar-refractivity contribution in [3.8, 4) is 0 Å². The van der Waals surface area contributed by atoms with E-state index in [2.05, 4.69) is 26.6 Å². The Bertz CT molecular complexity index is 502. The van der Waals surface area contributed by atoms with Crippen LogP contribution in [0.25, 0.3) is 0 Å². The molecule has 0 fully saturated rings. The molecule has 108 valence electrons. The van der Waals surface area contributed by atoms with E-state index in [1.54, 1.807) is 24.3 Å². The van der Waals surface area contributed by atoms with Crippen LogP contribution in [-0.2, 0) is 9.59 Å². The van der Waals surface area contributed by atoms with E-state index in [0.29, 0.717) is 5.56 Å². The second-order valence-corrected chi connectivity index (χ2v) is 5.15. The minimum absolute atomic E-state index is 0.0301. The quantitative estimate of drug-likeness (QED) is 0.719. The predicted octanol–water partition coefficient (Wildman–Crippen LogP) is 1.02. The van der Waals surface area contributed by atoms with Gasteiger partial charge in [0.05, 0.1) is 12.5 Å². The van der Waals surface area contributed by atoms with Crippen LogP contribution in [-0.4, -0.2) is 36.0 Å². The van der Waals surface area contributed by atoms with Gasteiger partial charge in [0.2, 0.25) is 5.91 Å². The van der Waals surface area contributed by atoms with Crippen LogP contribution in [0.4, 0.5) is 0 Å². The van der Waals surface area contributed by atoms with Gasteiger partial charge < -0.3 is 15.7 Å². The van der Waals surface area contributed by atoms with Crippen molar-refractivity contribution in [2.45, 2.75) is 6.92 Å². The Kier molecular flexibility index (Phi) is 6.17. The highest BCUT2D eigenvalue weighted by atomic mass is 79.9. The Morgan fingerprint density at radius 3 is 2.35 bits per heavy atom. The maximum Gasteiger partial charge on any atom is 0.308 e. The highest BCUT2D eigenvalue weighted by Gasteiger charge is 2.13. The summed E-state index contributed by atoms with van der Waals surface area (Å²) >= 11 is 3.26. The van der Waals surface area contributed by atoms with Gasteiger partial charge in [-0.25, -0.2) is 0 Å². The van der Waals surface area contributed by atoms with Gasteiger partial charge in [0.1, 0.15) is 0 Å². The molecular formula is C13H15BrN2O4. The van der Waals surface area contributed by atoms with E-state index in [9.17, 15) is 14.4 Å². The van der Waals surface area contributed by atoms with Crippen molar-refractivity contribution in [3.63, 3.8) is 0 Å². The number of carbonyl (C=O) groups is 3. The second kappa shape index (κ2) is 7.64. The number of carboxylic acid groups (broad SMARTS) is 1. The molecule has 0 saturated carbocycles. The molecule has 0 bridgehead atoms. The zero-order valence-electron chi connectivity index (χ0n) is 10.9. The molecule has 1 aromatic rings. The third-order valence-electron chi connectivity index (χ3n) is 2.54. The summed E-state index contributed by atoms with van der Waals surface area (Å²) in [5, 5.41) is 13.6. The first-order valence-electron chi connectivity index (χ1n) is 5.93. The van der Waals surface area contributed by atoms with Crippen molar-refractivity contribution >= 4 is 33.7 Å². The van der Waals surface area contributed by atoms with Gasteiger partial charge in [0, 0.05) is 16.6 Å². The van der Waals surface area contributed by atoms with Crippen molar-refractivity contribution in [1.29, 1.82) is 0 Å². The van der Waals surface area contributed by atoms with Gasteiger partial charge in [-0.2, -0.15) is 0 Å². The summed E-state index contributed by atoms with van der Waals surface area (Å²) in [6.07, 6.45) is 0. The van der Waals surface area contributed by atoms with E-state index in [-0.39, 0.29) is 19.0 Å². The van der Waals surface area contributed by atoms with Gasteiger partial charge in [-0.05, 0) is 24.3 Å². The van der Waals surface area contributed by atoms with Crippen LogP contribution < -0.4 is 10.6 Å². The lowest BCUT2D eigenvalue weighted by atomic mass is 10.2. The molecule has 0 spiro atoms. The molecule has 1 atom stereocenters. The SMILES string of the molecule is CC(CNC(=O)CNC(=O)c1ccc(Br)cc1)C(=O)O. The van der Waals surface area contributed by atoms with Crippen molar-refractivity contribution in [2.24, 2.45) is 5.92 Å². The number of hydrogen-bond acceptors (Lipinski definition) is 3. The molecule has 3 N–H and O–H groups in total. The Balaban J connectivity index is 2.35. The molecule has 0 aliphatic heterocycles. The maximum atomic E-state index is 11.7. The number of carboxylic acids is 1. The number of rotatable bonds is 6. The number of nitrogens with one attached hydrogen (secondary N) is 2. The van der Waals surface area contributed by atoms with Crippen LogP contribution in [0.3, 0.4) is 0 Å². The monoisotopic (exact) mass is 342 g/mol. The topological polar surface area (TPSA) is 95.5 Å². The highest BCUT2D eigenvalue weighted by Crippen LogP contribution is 2.10. The van der Waals surface area contributed by atoms with Gasteiger partial charge in [-0.15, -0.1) is 0 Å². The Labute approximate surface area is 124 Å². The van der Waals surface area contributed by atoms with Crippen LogP contribution in [0.1, 0.15) is 17.3 Å². The first kappa shape index (κ1) is 16.2. The molecule has 0 heterocycles. The van der Waals surface area contributed by atoms with Crippen molar-refractivity contribution in [1.82, 2.24) is 10.6 Å². The predicted molar refractivity (Wildman–Crippen MR) is 76.3 cm³/mol. The molecule has 0 aromatic heterocycles. The summed E-state index contributed by atoms with van der Waals surface area (Å²) in [6, 6.07) is 6.71. The van der Waals surface area contributed by atoms with E-state index >= 15 is 0 Å². The minimum atomic E-state index is -0.982. The minimum Gasteiger partial charge on any atom is -0.481 e. The number of benzene rings is 1. The van der Waals surface area contributed by atoms with Crippen molar-refractivity contribution in [2.75, 3.05) is 13.1 Å². The molecule has 1 aromatic carbocycles. The van der Waals surface area contributed by atoms with Crippen LogP contribution in [0.5, 0.6) is 0 Å². The summed E-state index contributed by atoms with van der Waals surface area (Å²) in [4.78, 5) is 33.7. The maximum absolute atomic E-state index is 11.7. The van der Waals surface area contributed by atoms with Crippen molar-refractivity contribution in [3.05, 3.63) is 34.3 Å². The lowest BCUT2D eigenvalue weighted by molar-refractivity contribution is -0.141. The fraction of sp³-hybridized carbons (Fsp3) is 0.308. The van der Waals surface area contributed by atoms with Gasteiger partial charge >= 0.3 is 5.97 Å². The number of hydrogen-bond donors (Lipinski definition) is 3. The number of halogens is 1. The summed E-state index contributed by atoms with van der Waals surface area (Å²) in [5.41, 5.74) is 0.444. The zero-order valence-corrected chi connectivity index (χ0v) is 12.4.